The Hall–Kier alpha value is 0.110. The van der Waals surface area contributed by atoms with Gasteiger partial charge >= 0.3 is 7.60 Å². The molecule has 1 saturated heterocycles. The van der Waals surface area contributed by atoms with Crippen molar-refractivity contribution in [3.8, 4) is 0 Å². The molecule has 0 N–H and O–H groups in total. The average Bonchev–Trinajstić information content (AvgIpc) is 2.19. The monoisotopic (exact) mass is 208 g/mol. The van der Waals surface area contributed by atoms with Crippen LogP contribution in [0, 0.1) is 0 Å². The van der Waals surface area contributed by atoms with Crippen LogP contribution in [0.25, 0.3) is 0 Å². The Morgan fingerprint density at radius 3 is 2.15 bits per heavy atom. The molecule has 0 amide bonds. The van der Waals surface area contributed by atoms with E-state index in [-0.39, 0.29) is 0 Å². The van der Waals surface area contributed by atoms with Gasteiger partial charge in [-0.25, -0.2) is 0 Å². The minimum absolute atomic E-state index is 0.448. The Balaban J connectivity index is 3.04. The highest BCUT2D eigenvalue weighted by atomic mass is 31.2. The van der Waals surface area contributed by atoms with Gasteiger partial charge in [0.25, 0.3) is 0 Å². The molecule has 1 aliphatic rings. The first kappa shape index (κ1) is 11.2. The van der Waals surface area contributed by atoms with Gasteiger partial charge in [-0.3, -0.25) is 4.57 Å². The van der Waals surface area contributed by atoms with Gasteiger partial charge in [0.2, 0.25) is 0 Å². The van der Waals surface area contributed by atoms with Crippen LogP contribution >= 0.6 is 7.60 Å². The van der Waals surface area contributed by atoms with Gasteiger partial charge in [0.15, 0.2) is 5.34 Å². The Kier molecular flexibility index (Phi) is 2.63. The molecule has 4 nitrogen and oxygen atoms in total. The molecule has 5 heteroatoms. The lowest BCUT2D eigenvalue weighted by Gasteiger charge is -2.25. The zero-order valence-corrected chi connectivity index (χ0v) is 9.68. The highest BCUT2D eigenvalue weighted by Gasteiger charge is 2.59. The second kappa shape index (κ2) is 3.06. The number of ether oxygens (including phenoxy) is 1. The first-order valence-corrected chi connectivity index (χ1v) is 5.75. The molecule has 0 saturated carbocycles. The zero-order valence-electron chi connectivity index (χ0n) is 8.79. The summed E-state index contributed by atoms with van der Waals surface area (Å²) < 4.78 is 27.7. The van der Waals surface area contributed by atoms with E-state index in [1.54, 1.807) is 6.92 Å². The molecule has 0 aliphatic carbocycles. The van der Waals surface area contributed by atoms with Crippen LogP contribution in [0.15, 0.2) is 0 Å². The van der Waals surface area contributed by atoms with Crippen molar-refractivity contribution in [2.24, 2.45) is 0 Å². The zero-order chi connectivity index (χ0) is 10.3. The molecule has 1 aliphatic heterocycles. The molecule has 1 heterocycles. The van der Waals surface area contributed by atoms with Crippen LogP contribution in [0.2, 0.25) is 0 Å². The van der Waals surface area contributed by atoms with E-state index in [4.69, 9.17) is 13.8 Å². The van der Waals surface area contributed by atoms with Gasteiger partial charge < -0.3 is 13.8 Å². The summed E-state index contributed by atoms with van der Waals surface area (Å²) in [5.41, 5.74) is -0.448. The summed E-state index contributed by atoms with van der Waals surface area (Å²) in [7, 11) is -0.204. The fourth-order valence-corrected chi connectivity index (χ4v) is 3.92. The number of methoxy groups -OCH3 is 1. The Morgan fingerprint density at radius 2 is 1.85 bits per heavy atom. The van der Waals surface area contributed by atoms with Gasteiger partial charge in [-0.1, -0.05) is 0 Å². The average molecular weight is 208 g/mol. The topological polar surface area (TPSA) is 44.8 Å². The standard InChI is InChI=1S/C8H17O4P/c1-7(2)6-8(3,10-4)13(9,11-5)12-7/h6H2,1-5H3/t8-,13+/m0/s1. The van der Waals surface area contributed by atoms with Gasteiger partial charge in [-0.05, 0) is 20.8 Å². The lowest BCUT2D eigenvalue weighted by molar-refractivity contribution is 0.0513. The molecular weight excluding hydrogens is 191 g/mol. The van der Waals surface area contributed by atoms with Gasteiger partial charge in [-0.15, -0.1) is 0 Å². The Morgan fingerprint density at radius 1 is 1.31 bits per heavy atom. The highest BCUT2D eigenvalue weighted by Crippen LogP contribution is 2.69. The number of rotatable bonds is 2. The predicted molar refractivity (Wildman–Crippen MR) is 49.8 cm³/mol. The maximum Gasteiger partial charge on any atom is 0.362 e. The quantitative estimate of drug-likeness (QED) is 0.653. The van der Waals surface area contributed by atoms with E-state index in [1.807, 2.05) is 13.8 Å². The van der Waals surface area contributed by atoms with Crippen molar-refractivity contribution >= 4 is 7.60 Å². The van der Waals surface area contributed by atoms with Gasteiger partial charge in [0.1, 0.15) is 0 Å². The molecule has 0 aromatic heterocycles. The minimum Gasteiger partial charge on any atom is -0.366 e. The summed E-state index contributed by atoms with van der Waals surface area (Å²) >= 11 is 0. The van der Waals surface area contributed by atoms with Crippen LogP contribution in [-0.4, -0.2) is 25.2 Å². The molecule has 1 fully saturated rings. The summed E-state index contributed by atoms with van der Waals surface area (Å²) in [6, 6.07) is 0. The lowest BCUT2D eigenvalue weighted by atomic mass is 10.0. The van der Waals surface area contributed by atoms with Crippen LogP contribution in [0.1, 0.15) is 27.2 Å². The summed E-state index contributed by atoms with van der Waals surface area (Å²) in [5.74, 6) is 0. The third-order valence-electron chi connectivity index (χ3n) is 2.38. The Labute approximate surface area is 79.1 Å². The molecule has 78 valence electrons. The number of hydrogen-bond donors (Lipinski definition) is 0. The first-order chi connectivity index (χ1) is 5.79. The largest absolute Gasteiger partial charge is 0.366 e. The fourth-order valence-electron chi connectivity index (χ4n) is 1.76. The van der Waals surface area contributed by atoms with E-state index in [1.165, 1.54) is 14.2 Å². The maximum absolute atomic E-state index is 12.1. The third kappa shape index (κ3) is 1.68. The van der Waals surface area contributed by atoms with Crippen LogP contribution in [0.5, 0.6) is 0 Å². The molecule has 0 aromatic carbocycles. The summed E-state index contributed by atoms with van der Waals surface area (Å²) in [5, 5.41) is -0.814. The van der Waals surface area contributed by atoms with E-state index in [9.17, 15) is 4.57 Å². The molecule has 0 unspecified atom stereocenters. The van der Waals surface area contributed by atoms with Crippen molar-refractivity contribution in [1.82, 2.24) is 0 Å². The Bertz CT molecular complexity index is 251. The summed E-state index contributed by atoms with van der Waals surface area (Å²) in [6.45, 7) is 5.51. The van der Waals surface area contributed by atoms with Crippen molar-refractivity contribution in [3.63, 3.8) is 0 Å². The summed E-state index contributed by atoms with van der Waals surface area (Å²) in [6.07, 6.45) is 0.571. The normalized spacial score (nSPS) is 43.8. The van der Waals surface area contributed by atoms with Gasteiger partial charge in [0.05, 0.1) is 5.60 Å². The molecule has 0 bridgehead atoms. The van der Waals surface area contributed by atoms with E-state index in [0.717, 1.165) is 0 Å². The second-order valence-electron chi connectivity index (χ2n) is 4.09. The molecule has 13 heavy (non-hydrogen) atoms. The van der Waals surface area contributed by atoms with Gasteiger partial charge in [-0.2, -0.15) is 0 Å². The first-order valence-electron chi connectivity index (χ1n) is 4.20. The van der Waals surface area contributed by atoms with Crippen molar-refractivity contribution in [2.75, 3.05) is 14.2 Å². The third-order valence-corrected chi connectivity index (χ3v) is 5.10. The van der Waals surface area contributed by atoms with Crippen LogP contribution < -0.4 is 0 Å². The van der Waals surface area contributed by atoms with Crippen molar-refractivity contribution in [1.29, 1.82) is 0 Å². The van der Waals surface area contributed by atoms with E-state index < -0.39 is 18.5 Å². The molecule has 0 aromatic rings. The fraction of sp³-hybridized carbons (Fsp3) is 1.00. The van der Waals surface area contributed by atoms with E-state index >= 15 is 0 Å². The van der Waals surface area contributed by atoms with Crippen molar-refractivity contribution in [3.05, 3.63) is 0 Å². The van der Waals surface area contributed by atoms with Crippen molar-refractivity contribution in [2.45, 2.75) is 38.1 Å². The van der Waals surface area contributed by atoms with Crippen LogP contribution in [0.4, 0.5) is 0 Å². The smallest absolute Gasteiger partial charge is 0.362 e. The minimum atomic E-state index is -3.12. The molecular formula is C8H17O4P. The lowest BCUT2D eigenvalue weighted by Crippen LogP contribution is -2.27. The highest BCUT2D eigenvalue weighted by molar-refractivity contribution is 7.55. The van der Waals surface area contributed by atoms with Crippen LogP contribution in [-0.2, 0) is 18.3 Å². The van der Waals surface area contributed by atoms with E-state index in [0.29, 0.717) is 6.42 Å². The van der Waals surface area contributed by atoms with Crippen molar-refractivity contribution < 1.29 is 18.3 Å². The van der Waals surface area contributed by atoms with E-state index in [2.05, 4.69) is 0 Å². The molecule has 2 atom stereocenters. The molecule has 0 radical (unpaired) electrons. The summed E-state index contributed by atoms with van der Waals surface area (Å²) in [4.78, 5) is 0. The van der Waals surface area contributed by atoms with Crippen LogP contribution in [0.3, 0.4) is 0 Å². The number of hydrogen-bond acceptors (Lipinski definition) is 4. The second-order valence-corrected chi connectivity index (χ2v) is 6.58. The molecule has 1 rings (SSSR count). The van der Waals surface area contributed by atoms with Gasteiger partial charge in [0, 0.05) is 20.6 Å². The SMILES string of the molecule is CO[C@]1(C)CC(C)(C)O[P@]1(=O)OC. The molecule has 0 spiro atoms. The maximum atomic E-state index is 12.1. The predicted octanol–water partition coefficient (Wildman–Crippen LogP) is 2.39.